The van der Waals surface area contributed by atoms with Crippen molar-refractivity contribution in [1.82, 2.24) is 0 Å². The highest BCUT2D eigenvalue weighted by molar-refractivity contribution is 8.04. The van der Waals surface area contributed by atoms with Crippen molar-refractivity contribution in [3.63, 3.8) is 0 Å². The van der Waals surface area contributed by atoms with Crippen LogP contribution in [0, 0.1) is 0 Å². The number of carbonyl (C=O) groups excluding carboxylic acids is 1. The Balaban J connectivity index is 2.02. The molecule has 64 valence electrons. The Morgan fingerprint density at radius 2 is 2.58 bits per heavy atom. The molecule has 2 rings (SSSR count). The molecule has 0 aromatic carbocycles. The largest absolute Gasteiger partial charge is 0.453 e. The number of ether oxygens (including phenoxy) is 1. The van der Waals surface area contributed by atoms with E-state index in [1.54, 1.807) is 11.8 Å². The summed E-state index contributed by atoms with van der Waals surface area (Å²) in [6, 6.07) is 0. The summed E-state index contributed by atoms with van der Waals surface area (Å²) in [5.41, 5.74) is 1.49. The van der Waals surface area contributed by atoms with E-state index in [0.717, 1.165) is 19.3 Å². The molecular formula is C9H10O2S. The third-order valence-corrected chi connectivity index (χ3v) is 3.33. The zero-order valence-electron chi connectivity index (χ0n) is 6.66. The molecule has 2 nitrogen and oxygen atoms in total. The van der Waals surface area contributed by atoms with Crippen LogP contribution < -0.4 is 0 Å². The van der Waals surface area contributed by atoms with Crippen molar-refractivity contribution in [3.05, 3.63) is 22.6 Å². The predicted octanol–water partition coefficient (Wildman–Crippen LogP) is 2.23. The maximum atomic E-state index is 10.1. The smallest absolute Gasteiger partial charge is 0.294 e. The lowest BCUT2D eigenvalue weighted by molar-refractivity contribution is -0.129. The summed E-state index contributed by atoms with van der Waals surface area (Å²) < 4.78 is 4.90. The Labute approximate surface area is 75.7 Å². The second-order valence-electron chi connectivity index (χ2n) is 2.89. The van der Waals surface area contributed by atoms with Gasteiger partial charge in [-0.3, -0.25) is 4.79 Å². The van der Waals surface area contributed by atoms with Crippen LogP contribution in [0.1, 0.15) is 19.3 Å². The summed E-state index contributed by atoms with van der Waals surface area (Å²) in [6.45, 7) is 0.542. The van der Waals surface area contributed by atoms with Crippen LogP contribution in [-0.4, -0.2) is 11.9 Å². The van der Waals surface area contributed by atoms with Crippen LogP contribution in [0.2, 0.25) is 0 Å². The molecule has 0 spiro atoms. The molecule has 3 heteroatoms. The molecule has 0 radical (unpaired) electrons. The highest BCUT2D eigenvalue weighted by Crippen LogP contribution is 2.42. The molecule has 1 atom stereocenters. The minimum atomic E-state index is 0.0373. The van der Waals surface area contributed by atoms with E-state index in [4.69, 9.17) is 4.74 Å². The maximum Gasteiger partial charge on any atom is 0.294 e. The number of rotatable bonds is 2. The van der Waals surface area contributed by atoms with Crippen molar-refractivity contribution < 1.29 is 9.53 Å². The molecule has 0 aromatic rings. The van der Waals surface area contributed by atoms with Gasteiger partial charge in [0, 0.05) is 11.3 Å². The van der Waals surface area contributed by atoms with Gasteiger partial charge < -0.3 is 4.74 Å². The van der Waals surface area contributed by atoms with Crippen LogP contribution in [-0.2, 0) is 9.53 Å². The molecule has 0 saturated carbocycles. The van der Waals surface area contributed by atoms with Gasteiger partial charge in [-0.15, -0.1) is 0 Å². The Kier molecular flexibility index (Phi) is 2.21. The second-order valence-corrected chi connectivity index (χ2v) is 4.09. The fraction of sp³-hybridized carbons (Fsp3) is 0.444. The van der Waals surface area contributed by atoms with E-state index in [-0.39, 0.29) is 5.44 Å². The Morgan fingerprint density at radius 3 is 3.33 bits per heavy atom. The molecule has 0 fully saturated rings. The molecule has 1 unspecified atom stereocenters. The van der Waals surface area contributed by atoms with Crippen molar-refractivity contribution in [2.24, 2.45) is 0 Å². The van der Waals surface area contributed by atoms with Crippen molar-refractivity contribution >= 4 is 18.2 Å². The highest BCUT2D eigenvalue weighted by Gasteiger charge is 2.25. The van der Waals surface area contributed by atoms with Gasteiger partial charge in [-0.05, 0) is 12.8 Å². The third-order valence-electron chi connectivity index (χ3n) is 2.11. The lowest BCUT2D eigenvalue weighted by atomic mass is 10.0. The summed E-state index contributed by atoms with van der Waals surface area (Å²) in [4.78, 5) is 11.4. The molecule has 0 aromatic heterocycles. The van der Waals surface area contributed by atoms with Gasteiger partial charge in [-0.1, -0.05) is 29.5 Å². The zero-order valence-corrected chi connectivity index (χ0v) is 7.47. The normalized spacial score (nSPS) is 27.2. The zero-order chi connectivity index (χ0) is 8.39. The molecule has 12 heavy (non-hydrogen) atoms. The SMILES string of the molecule is O=COC1CC2=C(C=CCC2)S1. The number of carbonyl (C=O) groups is 1. The molecule has 1 aliphatic carbocycles. The van der Waals surface area contributed by atoms with Crippen molar-refractivity contribution in [1.29, 1.82) is 0 Å². The molecule has 0 saturated heterocycles. The van der Waals surface area contributed by atoms with Gasteiger partial charge in [0.2, 0.25) is 0 Å². The number of hydrogen-bond acceptors (Lipinski definition) is 3. The van der Waals surface area contributed by atoms with Gasteiger partial charge in [0.1, 0.15) is 0 Å². The molecule has 0 amide bonds. The summed E-state index contributed by atoms with van der Waals surface area (Å²) in [6.07, 6.45) is 7.50. The van der Waals surface area contributed by atoms with Crippen molar-refractivity contribution in [2.45, 2.75) is 24.7 Å². The van der Waals surface area contributed by atoms with Crippen LogP contribution in [0.15, 0.2) is 22.6 Å². The molecular weight excluding hydrogens is 172 g/mol. The number of hydrogen-bond donors (Lipinski definition) is 0. The van der Waals surface area contributed by atoms with Gasteiger partial charge in [0.25, 0.3) is 6.47 Å². The number of allylic oxidation sites excluding steroid dienone is 2. The van der Waals surface area contributed by atoms with Crippen LogP contribution in [0.5, 0.6) is 0 Å². The minimum absolute atomic E-state index is 0.0373. The summed E-state index contributed by atoms with van der Waals surface area (Å²) in [7, 11) is 0. The summed E-state index contributed by atoms with van der Waals surface area (Å²) in [5, 5.41) is 0. The first-order valence-corrected chi connectivity index (χ1v) is 4.92. The van der Waals surface area contributed by atoms with Crippen LogP contribution in [0.3, 0.4) is 0 Å². The molecule has 1 heterocycles. The standard InChI is InChI=1S/C9H10O2S/c10-6-11-9-5-7-3-1-2-4-8(7)12-9/h2,4,6,9H,1,3,5H2. The monoisotopic (exact) mass is 182 g/mol. The average Bonchev–Trinajstić information content (AvgIpc) is 2.47. The van der Waals surface area contributed by atoms with Crippen LogP contribution in [0.4, 0.5) is 0 Å². The van der Waals surface area contributed by atoms with E-state index in [0.29, 0.717) is 6.47 Å². The van der Waals surface area contributed by atoms with E-state index in [1.807, 2.05) is 0 Å². The first kappa shape index (κ1) is 7.92. The van der Waals surface area contributed by atoms with Gasteiger partial charge in [-0.25, -0.2) is 0 Å². The fourth-order valence-electron chi connectivity index (χ4n) is 1.54. The lowest BCUT2D eigenvalue weighted by Gasteiger charge is -2.05. The van der Waals surface area contributed by atoms with Crippen LogP contribution in [0.25, 0.3) is 0 Å². The Hall–Kier alpha value is -0.700. The molecule has 0 bridgehead atoms. The quantitative estimate of drug-likeness (QED) is 0.612. The van der Waals surface area contributed by atoms with Gasteiger partial charge in [0.15, 0.2) is 5.44 Å². The van der Waals surface area contributed by atoms with Crippen LogP contribution >= 0.6 is 11.8 Å². The van der Waals surface area contributed by atoms with Gasteiger partial charge in [0.05, 0.1) is 0 Å². The molecule has 0 N–H and O–H groups in total. The second kappa shape index (κ2) is 3.35. The Morgan fingerprint density at radius 1 is 1.67 bits per heavy atom. The number of thioether (sulfide) groups is 1. The first-order valence-electron chi connectivity index (χ1n) is 4.04. The minimum Gasteiger partial charge on any atom is -0.453 e. The van der Waals surface area contributed by atoms with E-state index in [1.165, 1.54) is 10.5 Å². The van der Waals surface area contributed by atoms with E-state index in [2.05, 4.69) is 12.2 Å². The summed E-state index contributed by atoms with van der Waals surface area (Å²) in [5.74, 6) is 0. The topological polar surface area (TPSA) is 26.3 Å². The first-order chi connectivity index (χ1) is 5.90. The van der Waals surface area contributed by atoms with E-state index < -0.39 is 0 Å². The van der Waals surface area contributed by atoms with Gasteiger partial charge in [-0.2, -0.15) is 0 Å². The third kappa shape index (κ3) is 1.41. The van der Waals surface area contributed by atoms with Crippen molar-refractivity contribution in [3.8, 4) is 0 Å². The van der Waals surface area contributed by atoms with E-state index in [9.17, 15) is 4.79 Å². The average molecular weight is 182 g/mol. The maximum absolute atomic E-state index is 10.1. The molecule has 1 aliphatic heterocycles. The Bertz CT molecular complexity index is 255. The van der Waals surface area contributed by atoms with Gasteiger partial charge >= 0.3 is 0 Å². The molecule has 2 aliphatic rings. The highest BCUT2D eigenvalue weighted by atomic mass is 32.2. The lowest BCUT2D eigenvalue weighted by Crippen LogP contribution is -2.02. The predicted molar refractivity (Wildman–Crippen MR) is 48.5 cm³/mol. The van der Waals surface area contributed by atoms with E-state index >= 15 is 0 Å². The fourth-order valence-corrected chi connectivity index (χ4v) is 2.73. The van der Waals surface area contributed by atoms with Crippen molar-refractivity contribution in [2.75, 3.05) is 0 Å². The summed E-state index contributed by atoms with van der Waals surface area (Å²) >= 11 is 1.66.